The number of piperidine rings is 1. The number of tetrazole rings is 1. The number of carbonyl (C=O) groups is 1. The van der Waals surface area contributed by atoms with Crippen LogP contribution >= 0.6 is 0 Å². The van der Waals surface area contributed by atoms with Crippen LogP contribution in [0.2, 0.25) is 0 Å². The Morgan fingerprint density at radius 1 is 1.44 bits per heavy atom. The Hall–Kier alpha value is -2.48. The highest BCUT2D eigenvalue weighted by Gasteiger charge is 2.32. The van der Waals surface area contributed by atoms with Gasteiger partial charge in [0, 0.05) is 24.7 Å². The molecule has 2 heterocycles. The van der Waals surface area contributed by atoms with Crippen molar-refractivity contribution in [2.75, 3.05) is 18.0 Å². The molecule has 0 aliphatic carbocycles. The number of β-amino-alcohol motifs (C(OH)–C–C–N with tert-alkyl or cyclic N) is 1. The van der Waals surface area contributed by atoms with E-state index in [1.807, 2.05) is 25.1 Å². The first kappa shape index (κ1) is 19.3. The first-order valence-electron chi connectivity index (χ1n) is 9.56. The molecule has 0 saturated carbocycles. The van der Waals surface area contributed by atoms with Crippen molar-refractivity contribution >= 4 is 11.7 Å². The molecule has 3 rings (SSSR count). The monoisotopic (exact) mass is 373 g/mol. The number of anilines is 1. The molecule has 1 unspecified atom stereocenters. The van der Waals surface area contributed by atoms with E-state index in [4.69, 9.17) is 0 Å². The molecule has 2 aromatic rings. The van der Waals surface area contributed by atoms with Crippen molar-refractivity contribution in [3.8, 4) is 0 Å². The van der Waals surface area contributed by atoms with Crippen molar-refractivity contribution < 1.29 is 15.0 Å². The zero-order chi connectivity index (χ0) is 19.2. The van der Waals surface area contributed by atoms with Crippen molar-refractivity contribution in [3.63, 3.8) is 0 Å². The van der Waals surface area contributed by atoms with Crippen LogP contribution in [0.3, 0.4) is 0 Å². The number of carboxylic acid groups (broad SMARTS) is 1. The van der Waals surface area contributed by atoms with E-state index in [0.29, 0.717) is 25.2 Å². The molecule has 0 amide bonds. The Morgan fingerprint density at radius 2 is 2.30 bits per heavy atom. The molecule has 8 nitrogen and oxygen atoms in total. The van der Waals surface area contributed by atoms with Crippen LogP contribution in [0.4, 0.5) is 5.69 Å². The SMILES string of the molecule is CCC[C@H](C(=O)O)[C@H](Cc1cccc(N2CCCC(O)C2)c1)c1nn[nH]n1. The van der Waals surface area contributed by atoms with E-state index >= 15 is 0 Å². The van der Waals surface area contributed by atoms with E-state index in [1.165, 1.54) is 0 Å². The molecule has 1 saturated heterocycles. The van der Waals surface area contributed by atoms with Gasteiger partial charge in [0.15, 0.2) is 5.82 Å². The van der Waals surface area contributed by atoms with E-state index < -0.39 is 11.9 Å². The van der Waals surface area contributed by atoms with Crippen LogP contribution in [0, 0.1) is 5.92 Å². The smallest absolute Gasteiger partial charge is 0.307 e. The maximum atomic E-state index is 11.8. The molecule has 0 bridgehead atoms. The number of nitrogens with one attached hydrogen (secondary N) is 1. The van der Waals surface area contributed by atoms with Gasteiger partial charge in [0.25, 0.3) is 0 Å². The fraction of sp³-hybridized carbons (Fsp3) is 0.579. The summed E-state index contributed by atoms with van der Waals surface area (Å²) in [6, 6.07) is 8.10. The summed E-state index contributed by atoms with van der Waals surface area (Å²) in [4.78, 5) is 14.0. The van der Waals surface area contributed by atoms with Crippen molar-refractivity contribution in [1.82, 2.24) is 20.6 Å². The van der Waals surface area contributed by atoms with Crippen molar-refractivity contribution in [1.29, 1.82) is 0 Å². The van der Waals surface area contributed by atoms with Crippen LogP contribution in [0.25, 0.3) is 0 Å². The number of hydrogen-bond donors (Lipinski definition) is 3. The molecular formula is C19H27N5O3. The van der Waals surface area contributed by atoms with Gasteiger partial charge in [-0.05, 0) is 43.4 Å². The zero-order valence-corrected chi connectivity index (χ0v) is 15.6. The van der Waals surface area contributed by atoms with Gasteiger partial charge in [0.2, 0.25) is 0 Å². The molecule has 0 radical (unpaired) electrons. The summed E-state index contributed by atoms with van der Waals surface area (Å²) in [6.45, 7) is 3.53. The summed E-state index contributed by atoms with van der Waals surface area (Å²) in [6.07, 6.45) is 3.38. The largest absolute Gasteiger partial charge is 0.481 e. The summed E-state index contributed by atoms with van der Waals surface area (Å²) < 4.78 is 0. The highest BCUT2D eigenvalue weighted by atomic mass is 16.4. The molecule has 1 aromatic heterocycles. The normalized spacial score (nSPS) is 19.6. The third-order valence-corrected chi connectivity index (χ3v) is 5.22. The third-order valence-electron chi connectivity index (χ3n) is 5.22. The third kappa shape index (κ3) is 4.82. The number of H-pyrrole nitrogens is 1. The van der Waals surface area contributed by atoms with Crippen molar-refractivity contribution in [3.05, 3.63) is 35.7 Å². The highest BCUT2D eigenvalue weighted by molar-refractivity contribution is 5.71. The summed E-state index contributed by atoms with van der Waals surface area (Å²) >= 11 is 0. The second kappa shape index (κ2) is 8.94. The lowest BCUT2D eigenvalue weighted by atomic mass is 9.83. The van der Waals surface area contributed by atoms with E-state index in [2.05, 4.69) is 31.6 Å². The molecule has 27 heavy (non-hydrogen) atoms. The maximum Gasteiger partial charge on any atom is 0.307 e. The minimum atomic E-state index is -0.832. The van der Waals surface area contributed by atoms with E-state index in [-0.39, 0.29) is 12.0 Å². The average molecular weight is 373 g/mol. The van der Waals surface area contributed by atoms with E-state index in [0.717, 1.165) is 37.1 Å². The Bertz CT molecular complexity index is 737. The lowest BCUT2D eigenvalue weighted by Gasteiger charge is -2.32. The number of aliphatic hydroxyl groups is 1. The van der Waals surface area contributed by atoms with Crippen molar-refractivity contribution in [2.24, 2.45) is 5.92 Å². The molecule has 1 aliphatic heterocycles. The number of aromatic amines is 1. The fourth-order valence-corrected chi connectivity index (χ4v) is 3.87. The van der Waals surface area contributed by atoms with Gasteiger partial charge in [-0.25, -0.2) is 0 Å². The fourth-order valence-electron chi connectivity index (χ4n) is 3.87. The molecule has 146 valence electrons. The molecule has 0 spiro atoms. The lowest BCUT2D eigenvalue weighted by Crippen LogP contribution is -2.38. The number of carboxylic acids is 1. The van der Waals surface area contributed by atoms with E-state index in [9.17, 15) is 15.0 Å². The second-order valence-electron chi connectivity index (χ2n) is 7.23. The number of aliphatic hydroxyl groups excluding tert-OH is 1. The first-order chi connectivity index (χ1) is 13.1. The summed E-state index contributed by atoms with van der Waals surface area (Å²) in [5.74, 6) is -1.30. The predicted molar refractivity (Wildman–Crippen MR) is 101 cm³/mol. The Labute approximate surface area is 158 Å². The zero-order valence-electron chi connectivity index (χ0n) is 15.6. The second-order valence-corrected chi connectivity index (χ2v) is 7.23. The minimum Gasteiger partial charge on any atom is -0.481 e. The number of rotatable bonds is 8. The van der Waals surface area contributed by atoms with Gasteiger partial charge in [0.05, 0.1) is 12.0 Å². The quantitative estimate of drug-likeness (QED) is 0.648. The molecule has 8 heteroatoms. The van der Waals surface area contributed by atoms with Gasteiger partial charge < -0.3 is 15.1 Å². The standard InChI is InChI=1S/C19H27N5O3/c1-2-5-16(19(26)27)17(18-20-22-23-21-18)11-13-6-3-7-14(10-13)24-9-4-8-15(25)12-24/h3,6-7,10,15-17,25H,2,4-5,8-9,11-12H2,1H3,(H,26,27)(H,20,21,22,23)/t15?,16-,17-/m0/s1. The Morgan fingerprint density at radius 3 is 2.96 bits per heavy atom. The number of nitrogens with zero attached hydrogens (tertiary/aromatic N) is 4. The lowest BCUT2D eigenvalue weighted by molar-refractivity contribution is -0.142. The molecule has 3 N–H and O–H groups in total. The van der Waals surface area contributed by atoms with E-state index in [1.54, 1.807) is 0 Å². The number of aliphatic carboxylic acids is 1. The molecule has 1 aliphatic rings. The molecular weight excluding hydrogens is 346 g/mol. The number of aromatic nitrogens is 4. The summed E-state index contributed by atoms with van der Waals surface area (Å²) in [7, 11) is 0. The number of hydrogen-bond acceptors (Lipinski definition) is 6. The average Bonchev–Trinajstić information content (AvgIpc) is 3.19. The van der Waals surface area contributed by atoms with Gasteiger partial charge in [0.1, 0.15) is 0 Å². The number of benzene rings is 1. The van der Waals surface area contributed by atoms with Crippen LogP contribution < -0.4 is 4.90 Å². The van der Waals surface area contributed by atoms with Gasteiger partial charge >= 0.3 is 5.97 Å². The van der Waals surface area contributed by atoms with Gasteiger partial charge in [-0.3, -0.25) is 4.79 Å². The van der Waals surface area contributed by atoms with Crippen LogP contribution in [-0.2, 0) is 11.2 Å². The topological polar surface area (TPSA) is 115 Å². The van der Waals surface area contributed by atoms with Gasteiger partial charge in [-0.2, -0.15) is 5.21 Å². The van der Waals surface area contributed by atoms with Crippen LogP contribution in [0.15, 0.2) is 24.3 Å². The molecule has 3 atom stereocenters. The van der Waals surface area contributed by atoms with Crippen LogP contribution in [0.1, 0.15) is 49.9 Å². The van der Waals surface area contributed by atoms with Crippen LogP contribution in [0.5, 0.6) is 0 Å². The van der Waals surface area contributed by atoms with Gasteiger partial charge in [-0.1, -0.05) is 30.7 Å². The Balaban J connectivity index is 1.83. The Kier molecular flexibility index (Phi) is 6.39. The van der Waals surface area contributed by atoms with Crippen molar-refractivity contribution in [2.45, 2.75) is 51.0 Å². The maximum absolute atomic E-state index is 11.8. The van der Waals surface area contributed by atoms with Gasteiger partial charge in [-0.15, -0.1) is 10.2 Å². The minimum absolute atomic E-state index is 0.296. The summed E-state index contributed by atoms with van der Waals surface area (Å²) in [5, 5.41) is 33.9. The molecule has 1 aromatic carbocycles. The summed E-state index contributed by atoms with van der Waals surface area (Å²) in [5.41, 5.74) is 2.09. The first-order valence-corrected chi connectivity index (χ1v) is 9.56. The predicted octanol–water partition coefficient (Wildman–Crippen LogP) is 1.99. The molecule has 1 fully saturated rings. The highest BCUT2D eigenvalue weighted by Crippen LogP contribution is 2.31. The van der Waals surface area contributed by atoms with Crippen LogP contribution in [-0.4, -0.2) is 56.0 Å².